The Morgan fingerprint density at radius 3 is 2.54 bits per heavy atom. The molecule has 0 aliphatic carbocycles. The lowest BCUT2D eigenvalue weighted by Gasteiger charge is -2.19. The average Bonchev–Trinajstić information content (AvgIpc) is 2.99. The molecule has 2 aromatic heterocycles. The van der Waals surface area contributed by atoms with Crippen molar-refractivity contribution in [3.05, 3.63) is 53.5 Å². The van der Waals surface area contributed by atoms with Crippen molar-refractivity contribution in [2.24, 2.45) is 0 Å². The molecule has 2 heterocycles. The van der Waals surface area contributed by atoms with Crippen LogP contribution in [0.25, 0.3) is 11.1 Å². The van der Waals surface area contributed by atoms with E-state index in [1.807, 2.05) is 12.1 Å². The molecule has 0 saturated carbocycles. The van der Waals surface area contributed by atoms with Gasteiger partial charge in [-0.3, -0.25) is 0 Å². The fraction of sp³-hybridized carbons (Fsp3) is 0.263. The number of aromatic nitrogens is 4. The van der Waals surface area contributed by atoms with Gasteiger partial charge < -0.3 is 10.1 Å². The number of hydrogen-bond acceptors (Lipinski definition) is 6. The first kappa shape index (κ1) is 19.8. The molecule has 28 heavy (non-hydrogen) atoms. The summed E-state index contributed by atoms with van der Waals surface area (Å²) in [6.45, 7) is 7.18. The van der Waals surface area contributed by atoms with Crippen LogP contribution in [0.3, 0.4) is 0 Å². The summed E-state index contributed by atoms with van der Waals surface area (Å²) < 4.78 is 20.3. The fourth-order valence-corrected chi connectivity index (χ4v) is 2.62. The number of nitrogens with zero attached hydrogens (tertiary/aromatic N) is 4. The van der Waals surface area contributed by atoms with E-state index in [-0.39, 0.29) is 11.1 Å². The Balaban J connectivity index is 1.80. The fourth-order valence-electron chi connectivity index (χ4n) is 2.49. The summed E-state index contributed by atoms with van der Waals surface area (Å²) in [4.78, 5) is 19.6. The molecule has 1 aromatic carbocycles. The van der Waals surface area contributed by atoms with E-state index < -0.39 is 17.5 Å². The van der Waals surface area contributed by atoms with Crippen molar-refractivity contribution in [3.63, 3.8) is 0 Å². The van der Waals surface area contributed by atoms with Gasteiger partial charge in [0.1, 0.15) is 5.60 Å². The second kappa shape index (κ2) is 7.55. The second-order valence-electron chi connectivity index (χ2n) is 7.07. The maximum atomic E-state index is 13.7. The lowest BCUT2D eigenvalue weighted by Crippen LogP contribution is -2.28. The molecule has 7 nitrogen and oxygen atoms in total. The van der Waals surface area contributed by atoms with Gasteiger partial charge >= 0.3 is 6.09 Å². The van der Waals surface area contributed by atoms with Gasteiger partial charge in [-0.1, -0.05) is 12.1 Å². The first-order valence-corrected chi connectivity index (χ1v) is 8.85. The molecule has 3 aromatic rings. The van der Waals surface area contributed by atoms with Gasteiger partial charge in [0.05, 0.1) is 18.1 Å². The van der Waals surface area contributed by atoms with Crippen LogP contribution in [0, 0.1) is 12.7 Å². The summed E-state index contributed by atoms with van der Waals surface area (Å²) in [5.74, 6) is -0.621. The Labute approximate surface area is 166 Å². The molecule has 0 amide bonds. The molecule has 0 fully saturated rings. The monoisotopic (exact) mass is 403 g/mol. The lowest BCUT2D eigenvalue weighted by atomic mass is 10.1. The number of hydrogen-bond donors (Lipinski definition) is 1. The third kappa shape index (κ3) is 4.45. The number of carbonyl (C=O) groups excluding carboxylic acids is 1. The smallest absolute Gasteiger partial charge is 0.435 e. The minimum absolute atomic E-state index is 0.0123. The van der Waals surface area contributed by atoms with E-state index in [0.717, 1.165) is 17.3 Å². The molecule has 0 spiro atoms. The minimum Gasteiger partial charge on any atom is -0.442 e. The van der Waals surface area contributed by atoms with Gasteiger partial charge in [-0.15, -0.1) is 0 Å². The highest BCUT2D eigenvalue weighted by atomic mass is 35.5. The van der Waals surface area contributed by atoms with E-state index >= 15 is 0 Å². The average molecular weight is 404 g/mol. The molecule has 146 valence electrons. The van der Waals surface area contributed by atoms with E-state index in [1.54, 1.807) is 46.0 Å². The van der Waals surface area contributed by atoms with Crippen LogP contribution in [0.15, 0.2) is 36.7 Å². The van der Waals surface area contributed by atoms with E-state index in [0.29, 0.717) is 11.4 Å². The van der Waals surface area contributed by atoms with Crippen molar-refractivity contribution in [2.75, 3.05) is 5.32 Å². The van der Waals surface area contributed by atoms with Crippen molar-refractivity contribution in [1.29, 1.82) is 0 Å². The number of benzene rings is 1. The lowest BCUT2D eigenvalue weighted by molar-refractivity contribution is 0.0511. The molecule has 9 heteroatoms. The van der Waals surface area contributed by atoms with Crippen molar-refractivity contribution >= 4 is 29.2 Å². The van der Waals surface area contributed by atoms with Crippen LogP contribution in [0.2, 0.25) is 5.28 Å². The standard InChI is InChI=1S/C19H19ClFN5O2/c1-11-14(9-23-26(11)18(27)28-19(2,3)4)12-5-7-13(8-6-12)24-16-15(21)10-22-17(20)25-16/h5-10H,1-4H3,(H,22,24,25). The normalized spacial score (nSPS) is 11.4. The molecule has 0 unspecified atom stereocenters. The van der Waals surface area contributed by atoms with Crippen molar-refractivity contribution in [3.8, 4) is 11.1 Å². The quantitative estimate of drug-likeness (QED) is 0.622. The molecule has 0 aliphatic heterocycles. The molecular weight excluding hydrogens is 385 g/mol. The first-order valence-electron chi connectivity index (χ1n) is 8.47. The Kier molecular flexibility index (Phi) is 5.33. The maximum absolute atomic E-state index is 13.7. The number of ether oxygens (including phenoxy) is 1. The summed E-state index contributed by atoms with van der Waals surface area (Å²) in [6, 6.07) is 7.17. The zero-order valence-electron chi connectivity index (χ0n) is 15.8. The summed E-state index contributed by atoms with van der Waals surface area (Å²) in [5, 5.41) is 6.93. The molecule has 0 atom stereocenters. The zero-order valence-corrected chi connectivity index (χ0v) is 16.6. The van der Waals surface area contributed by atoms with Gasteiger partial charge in [0.2, 0.25) is 5.28 Å². The van der Waals surface area contributed by atoms with Crippen LogP contribution in [0.5, 0.6) is 0 Å². The topological polar surface area (TPSA) is 81.9 Å². The van der Waals surface area contributed by atoms with Gasteiger partial charge in [0, 0.05) is 11.3 Å². The van der Waals surface area contributed by atoms with Gasteiger partial charge in [0.15, 0.2) is 11.6 Å². The van der Waals surface area contributed by atoms with Crippen LogP contribution in [-0.2, 0) is 4.74 Å². The van der Waals surface area contributed by atoms with Gasteiger partial charge in [-0.2, -0.15) is 14.8 Å². The molecular formula is C19H19ClFN5O2. The third-order valence-electron chi connectivity index (χ3n) is 3.75. The largest absolute Gasteiger partial charge is 0.442 e. The SMILES string of the molecule is Cc1c(-c2ccc(Nc3nc(Cl)ncc3F)cc2)cnn1C(=O)OC(C)(C)C. The number of carbonyl (C=O) groups is 1. The molecule has 3 rings (SSSR count). The predicted molar refractivity (Wildman–Crippen MR) is 104 cm³/mol. The van der Waals surface area contributed by atoms with Gasteiger partial charge in [-0.25, -0.2) is 14.2 Å². The summed E-state index contributed by atoms with van der Waals surface area (Å²) in [5.41, 5.74) is 2.30. The molecule has 0 aliphatic rings. The Hall–Kier alpha value is -3.00. The highest BCUT2D eigenvalue weighted by molar-refractivity contribution is 6.28. The van der Waals surface area contributed by atoms with Gasteiger partial charge in [0.25, 0.3) is 0 Å². The van der Waals surface area contributed by atoms with Crippen molar-refractivity contribution in [2.45, 2.75) is 33.3 Å². The predicted octanol–water partition coefficient (Wildman–Crippen LogP) is 4.97. The van der Waals surface area contributed by atoms with Crippen LogP contribution < -0.4 is 5.32 Å². The summed E-state index contributed by atoms with van der Waals surface area (Å²) in [7, 11) is 0. The highest BCUT2D eigenvalue weighted by Crippen LogP contribution is 2.26. The molecule has 1 N–H and O–H groups in total. The summed E-state index contributed by atoms with van der Waals surface area (Å²) >= 11 is 5.70. The minimum atomic E-state index is -0.609. The second-order valence-corrected chi connectivity index (χ2v) is 7.41. The zero-order chi connectivity index (χ0) is 20.5. The third-order valence-corrected chi connectivity index (χ3v) is 3.93. The first-order chi connectivity index (χ1) is 13.1. The van der Waals surface area contributed by atoms with Crippen LogP contribution in [0.4, 0.5) is 20.7 Å². The maximum Gasteiger partial charge on any atom is 0.435 e. The Bertz CT molecular complexity index is 1010. The van der Waals surface area contributed by atoms with Crippen LogP contribution in [0.1, 0.15) is 26.5 Å². The van der Waals surface area contributed by atoms with Crippen LogP contribution >= 0.6 is 11.6 Å². The number of rotatable bonds is 3. The molecule has 0 radical (unpaired) electrons. The van der Waals surface area contributed by atoms with E-state index in [4.69, 9.17) is 16.3 Å². The molecule has 0 saturated heterocycles. The highest BCUT2D eigenvalue weighted by Gasteiger charge is 2.21. The van der Waals surface area contributed by atoms with Crippen molar-refractivity contribution in [1.82, 2.24) is 19.7 Å². The van der Waals surface area contributed by atoms with Crippen molar-refractivity contribution < 1.29 is 13.9 Å². The van der Waals surface area contributed by atoms with E-state index in [9.17, 15) is 9.18 Å². The Morgan fingerprint density at radius 1 is 1.21 bits per heavy atom. The number of halogens is 2. The van der Waals surface area contributed by atoms with E-state index in [1.165, 1.54) is 4.68 Å². The summed E-state index contributed by atoms with van der Waals surface area (Å²) in [6.07, 6.45) is 2.07. The number of anilines is 2. The number of nitrogens with one attached hydrogen (secondary N) is 1. The Morgan fingerprint density at radius 2 is 1.89 bits per heavy atom. The molecule has 0 bridgehead atoms. The van der Waals surface area contributed by atoms with Gasteiger partial charge in [-0.05, 0) is 57.0 Å². The van der Waals surface area contributed by atoms with E-state index in [2.05, 4.69) is 20.4 Å². The van der Waals surface area contributed by atoms with Crippen LogP contribution in [-0.4, -0.2) is 31.4 Å².